The summed E-state index contributed by atoms with van der Waals surface area (Å²) in [5.74, 6) is -0.545. The van der Waals surface area contributed by atoms with Crippen molar-refractivity contribution in [3.05, 3.63) is 110 Å². The topological polar surface area (TPSA) is 46.2 Å². The Hall–Kier alpha value is -2.69. The number of halogens is 2. The number of hydrogen-bond acceptors (Lipinski definition) is 3. The van der Waals surface area contributed by atoms with Gasteiger partial charge in [0.25, 0.3) is 0 Å². The Balaban J connectivity index is 1.98. The van der Waals surface area contributed by atoms with E-state index < -0.39 is 0 Å². The zero-order chi connectivity index (χ0) is 21.0. The molecule has 3 rings (SSSR count). The predicted molar refractivity (Wildman–Crippen MR) is 122 cm³/mol. The Bertz CT molecular complexity index is 1090. The SMILES string of the molecule is Cc1ccc(N/C(=C\C(=O)c2ccc(Br)cc2)C(=O)c2ccc(Cl)cc2)cc1C. The normalized spacial score (nSPS) is 11.2. The zero-order valence-corrected chi connectivity index (χ0v) is 18.3. The highest BCUT2D eigenvalue weighted by molar-refractivity contribution is 9.10. The van der Waals surface area contributed by atoms with E-state index in [2.05, 4.69) is 21.2 Å². The van der Waals surface area contributed by atoms with E-state index in [0.717, 1.165) is 21.3 Å². The fraction of sp³-hybridized carbons (Fsp3) is 0.0833. The molecule has 0 fully saturated rings. The second-order valence-electron chi connectivity index (χ2n) is 6.69. The molecule has 0 saturated heterocycles. The first-order valence-electron chi connectivity index (χ1n) is 8.99. The van der Waals surface area contributed by atoms with E-state index in [9.17, 15) is 9.59 Å². The quantitative estimate of drug-likeness (QED) is 0.320. The first kappa shape index (κ1) is 21.0. The highest BCUT2D eigenvalue weighted by Crippen LogP contribution is 2.20. The van der Waals surface area contributed by atoms with E-state index in [-0.39, 0.29) is 17.3 Å². The standard InChI is InChI=1S/C24H19BrClNO2/c1-15-3-12-21(13-16(15)2)27-22(24(29)18-6-10-20(26)11-7-18)14-23(28)17-4-8-19(25)9-5-17/h3-14,27H,1-2H3/b22-14-. The average molecular weight is 469 g/mol. The van der Waals surface area contributed by atoms with Crippen LogP contribution in [0.3, 0.4) is 0 Å². The van der Waals surface area contributed by atoms with Crippen molar-refractivity contribution in [3.63, 3.8) is 0 Å². The molecule has 0 spiro atoms. The Kier molecular flexibility index (Phi) is 6.68. The molecular formula is C24H19BrClNO2. The van der Waals surface area contributed by atoms with Crippen LogP contribution in [0.5, 0.6) is 0 Å². The number of Topliss-reactive ketones (excluding diaryl/α,β-unsaturated/α-hetero) is 1. The Morgan fingerprint density at radius 2 is 1.48 bits per heavy atom. The minimum absolute atomic E-state index is 0.198. The molecule has 1 N–H and O–H groups in total. The van der Waals surface area contributed by atoms with Gasteiger partial charge >= 0.3 is 0 Å². The lowest BCUT2D eigenvalue weighted by atomic mass is 10.0. The van der Waals surface area contributed by atoms with Crippen LogP contribution in [0, 0.1) is 13.8 Å². The fourth-order valence-electron chi connectivity index (χ4n) is 2.72. The van der Waals surface area contributed by atoms with Crippen LogP contribution in [0.15, 0.2) is 83.0 Å². The summed E-state index contributed by atoms with van der Waals surface area (Å²) in [4.78, 5) is 25.9. The van der Waals surface area contributed by atoms with E-state index in [0.29, 0.717) is 16.1 Å². The number of hydrogen-bond donors (Lipinski definition) is 1. The summed E-state index contributed by atoms with van der Waals surface area (Å²) in [6.45, 7) is 4.02. The van der Waals surface area contributed by atoms with Gasteiger partial charge in [0.2, 0.25) is 5.78 Å². The monoisotopic (exact) mass is 467 g/mol. The average Bonchev–Trinajstić information content (AvgIpc) is 2.70. The van der Waals surface area contributed by atoms with Gasteiger partial charge in [-0.3, -0.25) is 9.59 Å². The maximum absolute atomic E-state index is 13.1. The molecule has 3 aromatic rings. The second kappa shape index (κ2) is 9.21. The third-order valence-electron chi connectivity index (χ3n) is 4.54. The molecule has 0 atom stereocenters. The maximum atomic E-state index is 13.1. The highest BCUT2D eigenvalue weighted by Gasteiger charge is 2.16. The van der Waals surface area contributed by atoms with Crippen LogP contribution in [0.2, 0.25) is 5.02 Å². The number of anilines is 1. The number of nitrogens with one attached hydrogen (secondary N) is 1. The molecule has 146 valence electrons. The fourth-order valence-corrected chi connectivity index (χ4v) is 3.11. The van der Waals surface area contributed by atoms with Crippen LogP contribution < -0.4 is 5.32 Å². The molecule has 0 aliphatic rings. The number of ketones is 2. The molecule has 0 unspecified atom stereocenters. The molecule has 29 heavy (non-hydrogen) atoms. The van der Waals surface area contributed by atoms with Crippen molar-refractivity contribution < 1.29 is 9.59 Å². The van der Waals surface area contributed by atoms with Gasteiger partial charge in [-0.15, -0.1) is 0 Å². The Labute approximate surface area is 183 Å². The van der Waals surface area contributed by atoms with Crippen LogP contribution in [0.4, 0.5) is 5.69 Å². The molecule has 3 aromatic carbocycles. The number of allylic oxidation sites excluding steroid dienone is 2. The zero-order valence-electron chi connectivity index (χ0n) is 16.0. The van der Waals surface area contributed by atoms with Gasteiger partial charge in [-0.05, 0) is 85.6 Å². The Morgan fingerprint density at radius 1 is 0.862 bits per heavy atom. The summed E-state index contributed by atoms with van der Waals surface area (Å²) in [5.41, 5.74) is 4.12. The van der Waals surface area contributed by atoms with E-state index in [1.807, 2.05) is 32.0 Å². The molecule has 3 nitrogen and oxygen atoms in total. The lowest BCUT2D eigenvalue weighted by Gasteiger charge is -2.12. The summed E-state index contributed by atoms with van der Waals surface area (Å²) in [6.07, 6.45) is 1.34. The minimum atomic E-state index is -0.287. The van der Waals surface area contributed by atoms with Gasteiger partial charge in [-0.1, -0.05) is 33.6 Å². The van der Waals surface area contributed by atoms with Gasteiger partial charge in [-0.25, -0.2) is 0 Å². The van der Waals surface area contributed by atoms with Crippen LogP contribution in [0.1, 0.15) is 31.8 Å². The molecule has 0 aromatic heterocycles. The third-order valence-corrected chi connectivity index (χ3v) is 5.32. The molecule has 5 heteroatoms. The van der Waals surface area contributed by atoms with E-state index >= 15 is 0 Å². The molecule has 0 aliphatic carbocycles. The number of carbonyl (C=O) groups is 2. The largest absolute Gasteiger partial charge is 0.352 e. The molecule has 0 saturated carbocycles. The molecule has 0 aliphatic heterocycles. The maximum Gasteiger partial charge on any atom is 0.209 e. The lowest BCUT2D eigenvalue weighted by Crippen LogP contribution is -2.14. The van der Waals surface area contributed by atoms with Gasteiger partial charge < -0.3 is 5.32 Å². The summed E-state index contributed by atoms with van der Waals surface area (Å²) < 4.78 is 0.878. The molecule has 0 bridgehead atoms. The van der Waals surface area contributed by atoms with E-state index in [1.54, 1.807) is 48.5 Å². The van der Waals surface area contributed by atoms with Crippen LogP contribution >= 0.6 is 27.5 Å². The van der Waals surface area contributed by atoms with Crippen molar-refractivity contribution in [2.75, 3.05) is 5.32 Å². The van der Waals surface area contributed by atoms with Crippen LogP contribution in [-0.2, 0) is 0 Å². The van der Waals surface area contributed by atoms with Gasteiger partial charge in [0.05, 0.1) is 5.70 Å². The summed E-state index contributed by atoms with van der Waals surface area (Å²) in [5, 5.41) is 3.66. The molecule has 0 heterocycles. The number of rotatable bonds is 6. The first-order valence-corrected chi connectivity index (χ1v) is 10.2. The summed E-state index contributed by atoms with van der Waals surface area (Å²) in [6, 6.07) is 19.4. The first-order chi connectivity index (χ1) is 13.8. The van der Waals surface area contributed by atoms with E-state index in [4.69, 9.17) is 11.6 Å². The number of benzene rings is 3. The highest BCUT2D eigenvalue weighted by atomic mass is 79.9. The molecular weight excluding hydrogens is 450 g/mol. The van der Waals surface area contributed by atoms with E-state index in [1.165, 1.54) is 6.08 Å². The lowest BCUT2D eigenvalue weighted by molar-refractivity contribution is 0.101. The third kappa shape index (κ3) is 5.43. The van der Waals surface area contributed by atoms with Crippen molar-refractivity contribution >= 4 is 44.8 Å². The number of aryl methyl sites for hydroxylation is 2. The van der Waals surface area contributed by atoms with Gasteiger partial charge in [-0.2, -0.15) is 0 Å². The molecule has 0 amide bonds. The van der Waals surface area contributed by atoms with Crippen molar-refractivity contribution in [2.24, 2.45) is 0 Å². The smallest absolute Gasteiger partial charge is 0.209 e. The van der Waals surface area contributed by atoms with Crippen molar-refractivity contribution in [2.45, 2.75) is 13.8 Å². The van der Waals surface area contributed by atoms with Crippen LogP contribution in [-0.4, -0.2) is 11.6 Å². The summed E-state index contributed by atoms with van der Waals surface area (Å²) >= 11 is 9.29. The van der Waals surface area contributed by atoms with Crippen molar-refractivity contribution in [3.8, 4) is 0 Å². The number of carbonyl (C=O) groups excluding carboxylic acids is 2. The van der Waals surface area contributed by atoms with Crippen molar-refractivity contribution in [1.82, 2.24) is 0 Å². The van der Waals surface area contributed by atoms with Gasteiger partial charge in [0, 0.05) is 32.4 Å². The molecule has 0 radical (unpaired) electrons. The summed E-state index contributed by atoms with van der Waals surface area (Å²) in [7, 11) is 0. The van der Waals surface area contributed by atoms with Gasteiger partial charge in [0.1, 0.15) is 0 Å². The second-order valence-corrected chi connectivity index (χ2v) is 8.04. The van der Waals surface area contributed by atoms with Crippen LogP contribution in [0.25, 0.3) is 0 Å². The Morgan fingerprint density at radius 3 is 2.10 bits per heavy atom. The van der Waals surface area contributed by atoms with Crippen molar-refractivity contribution in [1.29, 1.82) is 0 Å². The minimum Gasteiger partial charge on any atom is -0.352 e. The predicted octanol–water partition coefficient (Wildman–Crippen LogP) is 6.78. The van der Waals surface area contributed by atoms with Gasteiger partial charge in [0.15, 0.2) is 5.78 Å².